The van der Waals surface area contributed by atoms with Gasteiger partial charge < -0.3 is 5.11 Å². The van der Waals surface area contributed by atoms with Crippen LogP contribution in [0.15, 0.2) is 0 Å². The minimum atomic E-state index is -0.581. The van der Waals surface area contributed by atoms with Gasteiger partial charge >= 0.3 is 5.97 Å². The third kappa shape index (κ3) is 2.49. The Labute approximate surface area is 104 Å². The van der Waals surface area contributed by atoms with Gasteiger partial charge in [0.1, 0.15) is 0 Å². The molecule has 0 aromatic heterocycles. The minimum Gasteiger partial charge on any atom is -0.481 e. The van der Waals surface area contributed by atoms with E-state index in [9.17, 15) is 9.90 Å². The highest BCUT2D eigenvalue weighted by Gasteiger charge is 2.50. The van der Waals surface area contributed by atoms with E-state index in [0.717, 1.165) is 12.8 Å². The zero-order chi connectivity index (χ0) is 12.4. The third-order valence-corrected chi connectivity index (χ3v) is 4.64. The summed E-state index contributed by atoms with van der Waals surface area (Å²) in [7, 11) is 0. The first-order valence-corrected chi connectivity index (χ1v) is 7.15. The van der Waals surface area contributed by atoms with Gasteiger partial charge in [0.05, 0.1) is 5.92 Å². The van der Waals surface area contributed by atoms with Gasteiger partial charge in [-0.2, -0.15) is 0 Å². The molecule has 4 unspecified atom stereocenters. The summed E-state index contributed by atoms with van der Waals surface area (Å²) >= 11 is 0. The number of hydrogen-bond donors (Lipinski definition) is 1. The predicted molar refractivity (Wildman–Crippen MR) is 68.0 cm³/mol. The smallest absolute Gasteiger partial charge is 0.308 e. The van der Waals surface area contributed by atoms with Crippen LogP contribution in [0.2, 0.25) is 0 Å². The first kappa shape index (κ1) is 12.9. The highest BCUT2D eigenvalue weighted by atomic mass is 16.4. The lowest BCUT2D eigenvalue weighted by Gasteiger charge is -2.29. The Balaban J connectivity index is 1.91. The monoisotopic (exact) mass is 239 g/mol. The predicted octanol–water partition coefficient (Wildman–Crippen LogP) is 2.89. The van der Waals surface area contributed by atoms with Crippen LogP contribution in [-0.2, 0) is 4.79 Å². The summed E-state index contributed by atoms with van der Waals surface area (Å²) in [5, 5.41) is 9.22. The van der Waals surface area contributed by atoms with Crippen molar-refractivity contribution in [2.45, 2.75) is 76.9 Å². The number of unbranched alkanes of at least 4 members (excludes halogenated alkanes) is 2. The molecule has 2 saturated heterocycles. The molecule has 2 heterocycles. The summed E-state index contributed by atoms with van der Waals surface area (Å²) in [5.41, 5.74) is 0. The minimum absolute atomic E-state index is 0.0950. The second-order valence-electron chi connectivity index (χ2n) is 5.77. The summed E-state index contributed by atoms with van der Waals surface area (Å²) < 4.78 is 0. The van der Waals surface area contributed by atoms with Gasteiger partial charge in [0.2, 0.25) is 0 Å². The molecular weight excluding hydrogens is 214 g/mol. The maximum absolute atomic E-state index is 11.2. The molecule has 0 radical (unpaired) electrons. The van der Waals surface area contributed by atoms with Gasteiger partial charge in [-0.15, -0.1) is 0 Å². The normalized spacial score (nSPS) is 34.1. The molecule has 3 heteroatoms. The van der Waals surface area contributed by atoms with Crippen LogP contribution in [0, 0.1) is 5.92 Å². The molecule has 98 valence electrons. The lowest BCUT2D eigenvalue weighted by atomic mass is 9.89. The summed E-state index contributed by atoms with van der Waals surface area (Å²) in [6.07, 6.45) is 8.27. The van der Waals surface area contributed by atoms with Gasteiger partial charge in [0.15, 0.2) is 0 Å². The standard InChI is InChI=1S/C14H25NO2/c1-3-4-5-6-10(2)15-11-7-8-13(15)12(9-11)14(16)17/h10-13H,3-9H2,1-2H3,(H,16,17). The fourth-order valence-electron chi connectivity index (χ4n) is 3.82. The Kier molecular flexibility index (Phi) is 4.08. The highest BCUT2D eigenvalue weighted by Crippen LogP contribution is 2.43. The number of nitrogens with zero attached hydrogens (tertiary/aromatic N) is 1. The first-order valence-electron chi connectivity index (χ1n) is 7.15. The third-order valence-electron chi connectivity index (χ3n) is 4.64. The lowest BCUT2D eigenvalue weighted by molar-refractivity contribution is -0.142. The van der Waals surface area contributed by atoms with Crippen molar-refractivity contribution >= 4 is 5.97 Å². The fraction of sp³-hybridized carbons (Fsp3) is 0.929. The largest absolute Gasteiger partial charge is 0.481 e. The molecule has 2 aliphatic heterocycles. The highest BCUT2D eigenvalue weighted by molar-refractivity contribution is 5.71. The zero-order valence-electron chi connectivity index (χ0n) is 11.1. The number of hydrogen-bond acceptors (Lipinski definition) is 2. The van der Waals surface area contributed by atoms with Crippen LogP contribution in [0.25, 0.3) is 0 Å². The van der Waals surface area contributed by atoms with E-state index in [1.807, 2.05) is 0 Å². The maximum atomic E-state index is 11.2. The zero-order valence-corrected chi connectivity index (χ0v) is 11.1. The van der Waals surface area contributed by atoms with Gasteiger partial charge in [0.25, 0.3) is 0 Å². The van der Waals surface area contributed by atoms with Crippen molar-refractivity contribution in [2.75, 3.05) is 0 Å². The topological polar surface area (TPSA) is 40.5 Å². The van der Waals surface area contributed by atoms with Crippen LogP contribution >= 0.6 is 0 Å². The van der Waals surface area contributed by atoms with E-state index < -0.39 is 5.97 Å². The van der Waals surface area contributed by atoms with Crippen LogP contribution in [0.1, 0.15) is 58.8 Å². The average Bonchev–Trinajstić information content (AvgIpc) is 2.86. The molecule has 0 aliphatic carbocycles. The molecule has 0 aromatic carbocycles. The van der Waals surface area contributed by atoms with Crippen molar-refractivity contribution in [1.82, 2.24) is 4.90 Å². The van der Waals surface area contributed by atoms with E-state index in [2.05, 4.69) is 18.7 Å². The van der Waals surface area contributed by atoms with Crippen molar-refractivity contribution < 1.29 is 9.90 Å². The average molecular weight is 239 g/mol. The molecule has 0 saturated carbocycles. The van der Waals surface area contributed by atoms with Crippen LogP contribution in [0.5, 0.6) is 0 Å². The summed E-state index contributed by atoms with van der Waals surface area (Å²) in [6.45, 7) is 4.51. The number of aliphatic carboxylic acids is 1. The molecular formula is C14H25NO2. The lowest BCUT2D eigenvalue weighted by Crippen LogP contribution is -2.39. The molecule has 0 spiro atoms. The van der Waals surface area contributed by atoms with E-state index in [-0.39, 0.29) is 5.92 Å². The van der Waals surface area contributed by atoms with Gasteiger partial charge in [-0.25, -0.2) is 0 Å². The SMILES string of the molecule is CCCCCC(C)N1C2CCC1C(C(=O)O)C2. The van der Waals surface area contributed by atoms with Crippen LogP contribution < -0.4 is 0 Å². The van der Waals surface area contributed by atoms with Crippen molar-refractivity contribution in [2.24, 2.45) is 5.92 Å². The van der Waals surface area contributed by atoms with E-state index in [4.69, 9.17) is 0 Å². The van der Waals surface area contributed by atoms with Crippen molar-refractivity contribution in [3.05, 3.63) is 0 Å². The molecule has 2 fully saturated rings. The number of carboxylic acid groups (broad SMARTS) is 1. The van der Waals surface area contributed by atoms with Gasteiger partial charge in [-0.1, -0.05) is 26.2 Å². The molecule has 1 N–H and O–H groups in total. The molecule has 0 aromatic rings. The number of carbonyl (C=O) groups is 1. The number of rotatable bonds is 6. The second-order valence-corrected chi connectivity index (χ2v) is 5.77. The van der Waals surface area contributed by atoms with E-state index in [1.165, 1.54) is 32.1 Å². The summed E-state index contributed by atoms with van der Waals surface area (Å²) in [5.74, 6) is -0.676. The maximum Gasteiger partial charge on any atom is 0.308 e. The number of fused-ring (bicyclic) bond motifs is 2. The molecule has 4 atom stereocenters. The molecule has 2 bridgehead atoms. The fourth-order valence-corrected chi connectivity index (χ4v) is 3.82. The Bertz CT molecular complexity index is 279. The molecule has 2 rings (SSSR count). The van der Waals surface area contributed by atoms with E-state index >= 15 is 0 Å². The Hall–Kier alpha value is -0.570. The molecule has 17 heavy (non-hydrogen) atoms. The quantitative estimate of drug-likeness (QED) is 0.725. The Morgan fingerprint density at radius 1 is 1.41 bits per heavy atom. The summed E-state index contributed by atoms with van der Waals surface area (Å²) in [6, 6.07) is 1.45. The van der Waals surface area contributed by atoms with Crippen molar-refractivity contribution in [3.63, 3.8) is 0 Å². The van der Waals surface area contributed by atoms with Crippen molar-refractivity contribution in [1.29, 1.82) is 0 Å². The Morgan fingerprint density at radius 2 is 2.18 bits per heavy atom. The second kappa shape index (κ2) is 5.38. The molecule has 0 amide bonds. The van der Waals surface area contributed by atoms with Gasteiger partial charge in [-0.05, 0) is 32.6 Å². The van der Waals surface area contributed by atoms with E-state index in [1.54, 1.807) is 0 Å². The van der Waals surface area contributed by atoms with Crippen LogP contribution in [0.3, 0.4) is 0 Å². The van der Waals surface area contributed by atoms with Crippen molar-refractivity contribution in [3.8, 4) is 0 Å². The summed E-state index contributed by atoms with van der Waals surface area (Å²) in [4.78, 5) is 13.7. The van der Waals surface area contributed by atoms with Gasteiger partial charge in [-0.3, -0.25) is 9.69 Å². The first-order chi connectivity index (χ1) is 8.15. The number of carboxylic acids is 1. The van der Waals surface area contributed by atoms with E-state index in [0.29, 0.717) is 18.1 Å². The Morgan fingerprint density at radius 3 is 2.76 bits per heavy atom. The van der Waals surface area contributed by atoms with Crippen LogP contribution in [-0.4, -0.2) is 34.1 Å². The molecule has 3 nitrogen and oxygen atoms in total. The van der Waals surface area contributed by atoms with Crippen LogP contribution in [0.4, 0.5) is 0 Å². The van der Waals surface area contributed by atoms with Gasteiger partial charge in [0, 0.05) is 18.1 Å². The molecule has 2 aliphatic rings.